The third-order valence-electron chi connectivity index (χ3n) is 2.10. The Hall–Kier alpha value is -2.10. The van der Waals surface area contributed by atoms with Crippen molar-refractivity contribution in [3.8, 4) is 11.1 Å². The number of hydrogen-bond donors (Lipinski definition) is 2. The summed E-state index contributed by atoms with van der Waals surface area (Å²) >= 11 is 0. The zero-order valence-corrected chi connectivity index (χ0v) is 7.83. The molecule has 0 saturated heterocycles. The van der Waals surface area contributed by atoms with Crippen molar-refractivity contribution >= 4 is 5.69 Å². The first-order valence-electron chi connectivity index (χ1n) is 4.41. The Morgan fingerprint density at radius 1 is 1.20 bits per heavy atom. The van der Waals surface area contributed by atoms with Gasteiger partial charge in [0.05, 0.1) is 0 Å². The molecular weight excluding hydrogens is 195 g/mol. The average Bonchev–Trinajstić information content (AvgIpc) is 2.23. The second-order valence-electron chi connectivity index (χ2n) is 3.15. The number of nitrogens with two attached hydrogens (primary N) is 1. The van der Waals surface area contributed by atoms with Crippen molar-refractivity contribution in [1.82, 2.24) is 4.98 Å². The summed E-state index contributed by atoms with van der Waals surface area (Å²) < 4.78 is 13.4. The summed E-state index contributed by atoms with van der Waals surface area (Å²) in [5.74, 6) is -0.458. The van der Waals surface area contributed by atoms with Crippen LogP contribution in [-0.2, 0) is 0 Å². The lowest BCUT2D eigenvalue weighted by molar-refractivity contribution is 0.631. The first-order valence-corrected chi connectivity index (χ1v) is 4.41. The maximum absolute atomic E-state index is 13.4. The van der Waals surface area contributed by atoms with Gasteiger partial charge in [0.1, 0.15) is 5.82 Å². The largest absolute Gasteiger partial charge is 0.399 e. The van der Waals surface area contributed by atoms with Crippen LogP contribution in [0.5, 0.6) is 0 Å². The molecule has 0 atom stereocenters. The molecule has 0 bridgehead atoms. The van der Waals surface area contributed by atoms with Gasteiger partial charge in [-0.15, -0.1) is 0 Å². The summed E-state index contributed by atoms with van der Waals surface area (Å²) in [6.07, 6.45) is 1.50. The molecule has 3 N–H and O–H groups in total. The maximum atomic E-state index is 13.4. The van der Waals surface area contributed by atoms with Gasteiger partial charge in [-0.2, -0.15) is 0 Å². The molecule has 4 heteroatoms. The topological polar surface area (TPSA) is 58.9 Å². The highest BCUT2D eigenvalue weighted by Crippen LogP contribution is 2.21. The second-order valence-corrected chi connectivity index (χ2v) is 3.15. The Morgan fingerprint density at radius 2 is 2.00 bits per heavy atom. The van der Waals surface area contributed by atoms with Crippen molar-refractivity contribution in [3.63, 3.8) is 0 Å². The lowest BCUT2D eigenvalue weighted by Gasteiger charge is -2.03. The summed E-state index contributed by atoms with van der Waals surface area (Å²) in [6.45, 7) is 0. The smallest absolute Gasteiger partial charge is 0.255 e. The number of aromatic amines is 1. The lowest BCUT2D eigenvalue weighted by Crippen LogP contribution is -2.08. The quantitative estimate of drug-likeness (QED) is 0.695. The van der Waals surface area contributed by atoms with Crippen molar-refractivity contribution in [3.05, 3.63) is 52.7 Å². The molecule has 76 valence electrons. The van der Waals surface area contributed by atoms with Crippen LogP contribution < -0.4 is 11.3 Å². The van der Waals surface area contributed by atoms with Crippen LogP contribution in [0.1, 0.15) is 0 Å². The highest BCUT2D eigenvalue weighted by Gasteiger charge is 2.08. The van der Waals surface area contributed by atoms with Crippen LogP contribution in [0.25, 0.3) is 11.1 Å². The number of nitrogen functional groups attached to an aromatic ring is 1. The minimum Gasteiger partial charge on any atom is -0.399 e. The van der Waals surface area contributed by atoms with E-state index in [0.717, 1.165) is 0 Å². The third kappa shape index (κ3) is 1.74. The van der Waals surface area contributed by atoms with Crippen LogP contribution in [0.2, 0.25) is 0 Å². The van der Waals surface area contributed by atoms with Crippen molar-refractivity contribution in [1.29, 1.82) is 0 Å². The molecule has 2 aromatic rings. The van der Waals surface area contributed by atoms with Gasteiger partial charge < -0.3 is 10.7 Å². The number of halogens is 1. The van der Waals surface area contributed by atoms with Gasteiger partial charge in [0.15, 0.2) is 0 Å². The van der Waals surface area contributed by atoms with Gasteiger partial charge >= 0.3 is 0 Å². The number of rotatable bonds is 1. The van der Waals surface area contributed by atoms with E-state index >= 15 is 0 Å². The van der Waals surface area contributed by atoms with Gasteiger partial charge in [-0.25, -0.2) is 4.39 Å². The van der Waals surface area contributed by atoms with Gasteiger partial charge in [-0.3, -0.25) is 4.79 Å². The normalized spacial score (nSPS) is 10.2. The summed E-state index contributed by atoms with van der Waals surface area (Å²) in [4.78, 5) is 13.9. The fourth-order valence-electron chi connectivity index (χ4n) is 1.38. The molecule has 1 aromatic heterocycles. The van der Waals surface area contributed by atoms with E-state index in [0.29, 0.717) is 5.69 Å². The van der Waals surface area contributed by atoms with E-state index in [1.807, 2.05) is 0 Å². The molecule has 15 heavy (non-hydrogen) atoms. The van der Waals surface area contributed by atoms with Crippen molar-refractivity contribution in [2.45, 2.75) is 0 Å². The molecule has 0 aliphatic rings. The molecule has 1 heterocycles. The number of H-pyrrole nitrogens is 1. The van der Waals surface area contributed by atoms with Gasteiger partial charge in [-0.05, 0) is 30.3 Å². The number of pyridine rings is 1. The Morgan fingerprint density at radius 3 is 2.73 bits per heavy atom. The molecule has 0 unspecified atom stereocenters. The van der Waals surface area contributed by atoms with Crippen LogP contribution in [0.3, 0.4) is 0 Å². The molecule has 1 aromatic carbocycles. The Balaban J connectivity index is 2.69. The molecule has 0 fully saturated rings. The molecule has 0 aliphatic heterocycles. The minimum absolute atomic E-state index is 0.219. The molecular formula is C11H9FN2O. The zero-order valence-electron chi connectivity index (χ0n) is 7.83. The van der Waals surface area contributed by atoms with Crippen molar-refractivity contribution < 1.29 is 4.39 Å². The summed E-state index contributed by atoms with van der Waals surface area (Å²) in [5.41, 5.74) is 6.13. The summed E-state index contributed by atoms with van der Waals surface area (Å²) in [6, 6.07) is 7.34. The van der Waals surface area contributed by atoms with E-state index in [-0.39, 0.29) is 16.7 Å². The first-order chi connectivity index (χ1) is 7.18. The third-order valence-corrected chi connectivity index (χ3v) is 2.10. The monoisotopic (exact) mass is 204 g/mol. The molecule has 0 amide bonds. The fourth-order valence-corrected chi connectivity index (χ4v) is 1.38. The van der Waals surface area contributed by atoms with E-state index in [2.05, 4.69) is 4.98 Å². The number of benzene rings is 1. The van der Waals surface area contributed by atoms with E-state index in [1.54, 1.807) is 12.1 Å². The zero-order chi connectivity index (χ0) is 10.8. The highest BCUT2D eigenvalue weighted by molar-refractivity contribution is 5.66. The Labute approximate surface area is 85.4 Å². The van der Waals surface area contributed by atoms with Crippen molar-refractivity contribution in [2.75, 3.05) is 5.73 Å². The summed E-state index contributed by atoms with van der Waals surface area (Å²) in [5, 5.41) is 0. The van der Waals surface area contributed by atoms with Crippen LogP contribution in [0.15, 0.2) is 41.3 Å². The maximum Gasteiger partial charge on any atom is 0.255 e. The van der Waals surface area contributed by atoms with E-state index in [9.17, 15) is 9.18 Å². The number of nitrogens with one attached hydrogen (secondary N) is 1. The van der Waals surface area contributed by atoms with Gasteiger partial charge in [-0.1, -0.05) is 0 Å². The Bertz CT molecular complexity index is 548. The first kappa shape index (κ1) is 9.45. The SMILES string of the molecule is Nc1ccc(F)c(-c2ccc[nH]c2=O)c1. The average molecular weight is 204 g/mol. The predicted octanol–water partition coefficient (Wildman–Crippen LogP) is 1.76. The van der Waals surface area contributed by atoms with Gasteiger partial charge in [0.25, 0.3) is 5.56 Å². The minimum atomic E-state index is -0.458. The molecule has 3 nitrogen and oxygen atoms in total. The van der Waals surface area contributed by atoms with Gasteiger partial charge in [0.2, 0.25) is 0 Å². The van der Waals surface area contributed by atoms with E-state index in [1.165, 1.54) is 24.4 Å². The van der Waals surface area contributed by atoms with Crippen LogP contribution >= 0.6 is 0 Å². The fraction of sp³-hybridized carbons (Fsp3) is 0. The van der Waals surface area contributed by atoms with Gasteiger partial charge in [0, 0.05) is 23.0 Å². The van der Waals surface area contributed by atoms with Crippen LogP contribution in [0, 0.1) is 5.82 Å². The van der Waals surface area contributed by atoms with E-state index in [4.69, 9.17) is 5.73 Å². The number of hydrogen-bond acceptors (Lipinski definition) is 2. The van der Waals surface area contributed by atoms with Crippen LogP contribution in [0.4, 0.5) is 10.1 Å². The molecule has 0 radical (unpaired) electrons. The molecule has 0 aliphatic carbocycles. The molecule has 0 saturated carbocycles. The predicted molar refractivity (Wildman–Crippen MR) is 56.9 cm³/mol. The highest BCUT2D eigenvalue weighted by atomic mass is 19.1. The molecule has 0 spiro atoms. The Kier molecular flexibility index (Phi) is 2.25. The summed E-state index contributed by atoms with van der Waals surface area (Å²) in [7, 11) is 0. The second kappa shape index (κ2) is 3.57. The standard InChI is InChI=1S/C11H9FN2O/c12-10-4-3-7(13)6-9(10)8-2-1-5-14-11(8)15/h1-6H,13H2,(H,14,15). The van der Waals surface area contributed by atoms with Crippen molar-refractivity contribution in [2.24, 2.45) is 0 Å². The number of anilines is 1. The lowest BCUT2D eigenvalue weighted by atomic mass is 10.1. The molecule has 2 rings (SSSR count). The number of aromatic nitrogens is 1. The van der Waals surface area contributed by atoms with E-state index < -0.39 is 5.82 Å². The van der Waals surface area contributed by atoms with Crippen LogP contribution in [-0.4, -0.2) is 4.98 Å².